The van der Waals surface area contributed by atoms with Gasteiger partial charge in [-0.05, 0) is 97.0 Å². The van der Waals surface area contributed by atoms with Gasteiger partial charge in [-0.15, -0.1) is 11.3 Å². The number of rotatable bonds is 9. The molecule has 1 aromatic heterocycles. The highest BCUT2D eigenvalue weighted by Crippen LogP contribution is 2.31. The van der Waals surface area contributed by atoms with Gasteiger partial charge in [0.1, 0.15) is 6.04 Å². The van der Waals surface area contributed by atoms with E-state index < -0.39 is 0 Å². The molecule has 0 spiro atoms. The van der Waals surface area contributed by atoms with Crippen LogP contribution in [-0.4, -0.2) is 23.6 Å². The summed E-state index contributed by atoms with van der Waals surface area (Å²) in [5, 5.41) is 7.91. The Hall–Kier alpha value is -3.22. The van der Waals surface area contributed by atoms with Crippen molar-refractivity contribution >= 4 is 33.7 Å². The van der Waals surface area contributed by atoms with E-state index in [9.17, 15) is 4.79 Å². The molecule has 210 valence electrons. The van der Waals surface area contributed by atoms with Crippen LogP contribution in [-0.2, 0) is 4.79 Å². The smallest absolute Gasteiger partial charge is 0.243 e. The summed E-state index contributed by atoms with van der Waals surface area (Å²) in [5.41, 5.74) is 10.2. The highest BCUT2D eigenvalue weighted by molar-refractivity contribution is 7.07. The molecular formula is C34H42N4OS. The summed E-state index contributed by atoms with van der Waals surface area (Å²) in [6.45, 7) is 7.91. The van der Waals surface area contributed by atoms with Gasteiger partial charge in [0.15, 0.2) is 4.80 Å². The van der Waals surface area contributed by atoms with Gasteiger partial charge in [0, 0.05) is 11.9 Å². The first-order valence-electron chi connectivity index (χ1n) is 14.7. The third kappa shape index (κ3) is 6.73. The maximum atomic E-state index is 14.0. The van der Waals surface area contributed by atoms with Crippen LogP contribution in [0.2, 0.25) is 0 Å². The first kappa shape index (κ1) is 28.3. The topological polar surface area (TPSA) is 72.4 Å². The normalized spacial score (nSPS) is 18.8. The maximum Gasteiger partial charge on any atom is 0.243 e. The number of benzene rings is 3. The molecule has 0 aliphatic heterocycles. The van der Waals surface area contributed by atoms with Crippen LogP contribution < -0.4 is 15.9 Å². The van der Waals surface area contributed by atoms with E-state index in [0.717, 1.165) is 47.6 Å². The van der Waals surface area contributed by atoms with Crippen LogP contribution in [0.15, 0.2) is 77.1 Å². The van der Waals surface area contributed by atoms with Crippen molar-refractivity contribution in [2.45, 2.75) is 58.9 Å². The average Bonchev–Trinajstić information content (AvgIpc) is 3.37. The predicted octanol–water partition coefficient (Wildman–Crippen LogP) is 7.38. The van der Waals surface area contributed by atoms with E-state index >= 15 is 0 Å². The fraction of sp³-hybridized carbons (Fsp3) is 0.412. The zero-order valence-corrected chi connectivity index (χ0v) is 24.8. The zero-order valence-electron chi connectivity index (χ0n) is 24.0. The van der Waals surface area contributed by atoms with Gasteiger partial charge in [-0.3, -0.25) is 4.79 Å². The van der Waals surface area contributed by atoms with Gasteiger partial charge in [0.25, 0.3) is 0 Å². The number of hydrogen-bond acceptors (Lipinski definition) is 4. The van der Waals surface area contributed by atoms with Gasteiger partial charge in [0.05, 0.1) is 11.4 Å². The molecule has 0 radical (unpaired) electrons. The number of amides is 1. The lowest BCUT2D eigenvalue weighted by Gasteiger charge is -2.29. The highest BCUT2D eigenvalue weighted by atomic mass is 32.1. The number of nitrogens with one attached hydrogen (secondary N) is 1. The molecule has 5 nitrogen and oxygen atoms in total. The first-order valence-corrected chi connectivity index (χ1v) is 15.6. The van der Waals surface area contributed by atoms with Crippen molar-refractivity contribution in [3.63, 3.8) is 0 Å². The van der Waals surface area contributed by atoms with Crippen molar-refractivity contribution < 1.29 is 4.79 Å². The third-order valence-electron chi connectivity index (χ3n) is 8.11. The summed E-state index contributed by atoms with van der Waals surface area (Å²) >= 11 is 1.60. The van der Waals surface area contributed by atoms with Crippen molar-refractivity contribution in [1.29, 1.82) is 0 Å². The molecule has 1 aliphatic carbocycles. The highest BCUT2D eigenvalue weighted by Gasteiger charge is 2.28. The van der Waals surface area contributed by atoms with E-state index in [2.05, 4.69) is 90.6 Å². The summed E-state index contributed by atoms with van der Waals surface area (Å²) in [7, 11) is 0. The number of thiazole rings is 1. The van der Waals surface area contributed by atoms with E-state index in [1.54, 1.807) is 11.3 Å². The van der Waals surface area contributed by atoms with Crippen molar-refractivity contribution in [2.24, 2.45) is 28.5 Å². The van der Waals surface area contributed by atoms with Crippen LogP contribution in [0.1, 0.15) is 57.6 Å². The number of nitrogens with two attached hydrogens (primary N) is 1. The molecule has 1 fully saturated rings. The number of carbonyl (C=O) groups excluding carboxylic acids is 1. The minimum absolute atomic E-state index is 0.0784. The molecule has 0 saturated heterocycles. The van der Waals surface area contributed by atoms with E-state index in [-0.39, 0.29) is 11.9 Å². The lowest BCUT2D eigenvalue weighted by molar-refractivity contribution is -0.125. The van der Waals surface area contributed by atoms with Crippen LogP contribution >= 0.6 is 11.3 Å². The quantitative estimate of drug-likeness (QED) is 0.227. The Balaban J connectivity index is 1.56. The molecule has 4 aromatic rings. The summed E-state index contributed by atoms with van der Waals surface area (Å²) in [6, 6.07) is 22.8. The molecule has 3 atom stereocenters. The van der Waals surface area contributed by atoms with Crippen molar-refractivity contribution in [3.05, 3.63) is 82.5 Å². The predicted molar refractivity (Wildman–Crippen MR) is 168 cm³/mol. The number of aryl methyl sites for hydroxylation is 1. The third-order valence-corrected chi connectivity index (χ3v) is 8.95. The van der Waals surface area contributed by atoms with Gasteiger partial charge in [-0.1, -0.05) is 68.8 Å². The van der Waals surface area contributed by atoms with Crippen molar-refractivity contribution in [3.8, 4) is 11.3 Å². The largest absolute Gasteiger partial charge is 0.354 e. The Kier molecular flexibility index (Phi) is 9.18. The van der Waals surface area contributed by atoms with E-state index in [4.69, 9.17) is 10.7 Å². The molecular weight excluding hydrogens is 512 g/mol. The first-order chi connectivity index (χ1) is 19.4. The molecule has 1 saturated carbocycles. The van der Waals surface area contributed by atoms with Gasteiger partial charge in [-0.25, -0.2) is 4.99 Å². The van der Waals surface area contributed by atoms with E-state index in [0.29, 0.717) is 24.3 Å². The number of carbonyl (C=O) groups is 1. The van der Waals surface area contributed by atoms with Gasteiger partial charge in [0.2, 0.25) is 5.91 Å². The van der Waals surface area contributed by atoms with E-state index in [1.165, 1.54) is 29.2 Å². The van der Waals surface area contributed by atoms with Crippen molar-refractivity contribution in [2.75, 3.05) is 13.1 Å². The molecule has 40 heavy (non-hydrogen) atoms. The molecule has 1 aliphatic rings. The number of aromatic nitrogens is 1. The number of nitrogens with zero attached hydrogens (tertiary/aromatic N) is 2. The monoisotopic (exact) mass is 554 g/mol. The fourth-order valence-corrected chi connectivity index (χ4v) is 6.97. The zero-order chi connectivity index (χ0) is 28.1. The Labute approximate surface area is 242 Å². The molecule has 0 bridgehead atoms. The molecule has 5 rings (SSSR count). The van der Waals surface area contributed by atoms with Gasteiger partial charge in [-0.2, -0.15) is 0 Å². The van der Waals surface area contributed by atoms with Crippen LogP contribution in [0.25, 0.3) is 22.0 Å². The minimum Gasteiger partial charge on any atom is -0.354 e. The lowest BCUT2D eigenvalue weighted by Crippen LogP contribution is -2.40. The SMILES string of the molecule is Cc1cccc(N=c2scc(-c3ccc4ccccc4c3)n2[C@@H](CC(C)C)C(=O)NCC2CCCC(CN)C2)c1. The summed E-state index contributed by atoms with van der Waals surface area (Å²) < 4.78 is 2.19. The fourth-order valence-electron chi connectivity index (χ4n) is 6.01. The Morgan fingerprint density at radius 3 is 2.62 bits per heavy atom. The summed E-state index contributed by atoms with van der Waals surface area (Å²) in [4.78, 5) is 20.0. The molecule has 2 unspecified atom stereocenters. The molecule has 6 heteroatoms. The number of hydrogen-bond donors (Lipinski definition) is 2. The second kappa shape index (κ2) is 13.0. The molecule has 3 aromatic carbocycles. The second-order valence-electron chi connectivity index (χ2n) is 11.8. The van der Waals surface area contributed by atoms with Gasteiger partial charge < -0.3 is 15.6 Å². The lowest BCUT2D eigenvalue weighted by atomic mass is 9.81. The van der Waals surface area contributed by atoms with Crippen LogP contribution in [0, 0.1) is 24.7 Å². The second-order valence-corrected chi connectivity index (χ2v) is 12.6. The van der Waals surface area contributed by atoms with Crippen LogP contribution in [0.4, 0.5) is 5.69 Å². The average molecular weight is 555 g/mol. The molecule has 1 amide bonds. The molecule has 3 N–H and O–H groups in total. The minimum atomic E-state index is -0.356. The van der Waals surface area contributed by atoms with Crippen molar-refractivity contribution in [1.82, 2.24) is 9.88 Å². The maximum absolute atomic E-state index is 14.0. The summed E-state index contributed by atoms with van der Waals surface area (Å²) in [5.74, 6) is 1.49. The molecule has 1 heterocycles. The standard InChI is InChI=1S/C34H42N4OS/c1-23(2)16-31(33(39)36-21-26-10-7-9-25(18-26)20-35)38-32(29-15-14-27-11-4-5-12-28(27)19-29)22-40-34(38)37-30-13-6-8-24(3)17-30/h4-6,8,11-15,17,19,22-23,25-26,31H,7,9-10,16,18,20-21,35H2,1-3H3,(H,36,39)/t25?,26?,31-/m0/s1. The Morgan fingerprint density at radius 1 is 1.05 bits per heavy atom. The Morgan fingerprint density at radius 2 is 1.85 bits per heavy atom. The summed E-state index contributed by atoms with van der Waals surface area (Å²) in [6.07, 6.45) is 5.41. The van der Waals surface area contributed by atoms with E-state index in [1.807, 2.05) is 12.1 Å². The van der Waals surface area contributed by atoms with Crippen LogP contribution in [0.5, 0.6) is 0 Å². The Bertz CT molecular complexity index is 1520. The number of fused-ring (bicyclic) bond motifs is 1. The van der Waals surface area contributed by atoms with Crippen LogP contribution in [0.3, 0.4) is 0 Å². The van der Waals surface area contributed by atoms with Gasteiger partial charge >= 0.3 is 0 Å².